The molecule has 1 amide bonds. The fraction of sp³-hybridized carbons (Fsp3) is 0.355. The lowest BCUT2D eigenvalue weighted by molar-refractivity contribution is -0.122. The van der Waals surface area contributed by atoms with E-state index >= 15 is 0 Å². The highest BCUT2D eigenvalue weighted by Gasteiger charge is 2.43. The molecular weight excluding hydrogens is 502 g/mol. The number of ether oxygens (including phenoxy) is 2. The van der Waals surface area contributed by atoms with Crippen molar-refractivity contribution in [1.82, 2.24) is 10.2 Å². The van der Waals surface area contributed by atoms with Gasteiger partial charge in [0.25, 0.3) is 0 Å². The number of benzene rings is 3. The van der Waals surface area contributed by atoms with Crippen LogP contribution in [0.25, 0.3) is 11.1 Å². The molecule has 2 fully saturated rings. The van der Waals surface area contributed by atoms with E-state index in [1.807, 2.05) is 12.1 Å². The molecule has 3 aromatic carbocycles. The summed E-state index contributed by atoms with van der Waals surface area (Å²) in [6.45, 7) is 3.78. The van der Waals surface area contributed by atoms with Crippen LogP contribution < -0.4 is 10.1 Å². The van der Waals surface area contributed by atoms with Crippen LogP contribution in [0.3, 0.4) is 0 Å². The smallest absolute Gasteiger partial charge is 0.341 e. The van der Waals surface area contributed by atoms with Crippen LogP contribution in [-0.4, -0.2) is 43.6 Å². The summed E-state index contributed by atoms with van der Waals surface area (Å²) in [5, 5.41) is 2.81. The molecule has 2 aliphatic rings. The number of rotatable bonds is 10. The summed E-state index contributed by atoms with van der Waals surface area (Å²) in [6.07, 6.45) is 3.28. The first-order valence-corrected chi connectivity index (χ1v) is 13.3. The van der Waals surface area contributed by atoms with Gasteiger partial charge in [-0.05, 0) is 73.3 Å². The Hall–Kier alpha value is -3.78. The van der Waals surface area contributed by atoms with E-state index in [-0.39, 0.29) is 35.4 Å². The van der Waals surface area contributed by atoms with Gasteiger partial charge in [0.15, 0.2) is 0 Å². The summed E-state index contributed by atoms with van der Waals surface area (Å²) >= 11 is 0. The highest BCUT2D eigenvalue weighted by molar-refractivity contribution is 5.97. The molecule has 3 aromatic rings. The lowest BCUT2D eigenvalue weighted by atomic mass is 9.98. The highest BCUT2D eigenvalue weighted by Crippen LogP contribution is 2.39. The van der Waals surface area contributed by atoms with Crippen molar-refractivity contribution in [3.8, 4) is 16.9 Å². The second-order valence-electron chi connectivity index (χ2n) is 10.2. The molecule has 1 N–H and O–H groups in total. The summed E-state index contributed by atoms with van der Waals surface area (Å²) in [5.41, 5.74) is 1.89. The van der Waals surface area contributed by atoms with Crippen LogP contribution in [0.15, 0.2) is 60.7 Å². The maximum atomic E-state index is 14.9. The fourth-order valence-corrected chi connectivity index (χ4v) is 5.09. The van der Waals surface area contributed by atoms with E-state index in [1.54, 1.807) is 6.07 Å². The molecule has 0 bridgehead atoms. The predicted octanol–water partition coefficient (Wildman–Crippen LogP) is 5.35. The summed E-state index contributed by atoms with van der Waals surface area (Å²) in [7, 11) is 1.16. The van der Waals surface area contributed by atoms with Crippen molar-refractivity contribution in [3.63, 3.8) is 0 Å². The molecule has 8 heteroatoms. The molecule has 6 nitrogen and oxygen atoms in total. The molecular formula is C31H32F2N2O4. The SMILES string of the molecule is COC(=O)c1c(F)cccc1-c1ccc(CNC(=O)C2CC2COc2ccc(CN3CCCC3)cc2)c(F)c1. The summed E-state index contributed by atoms with van der Waals surface area (Å²) in [4.78, 5) is 27.1. The van der Waals surface area contributed by atoms with Gasteiger partial charge in [0.1, 0.15) is 22.9 Å². The van der Waals surface area contributed by atoms with Crippen molar-refractivity contribution in [1.29, 1.82) is 0 Å². The average molecular weight is 535 g/mol. The molecule has 0 radical (unpaired) electrons. The zero-order valence-corrected chi connectivity index (χ0v) is 21.9. The molecule has 2 unspecified atom stereocenters. The Bertz CT molecular complexity index is 1340. The van der Waals surface area contributed by atoms with Crippen molar-refractivity contribution < 1.29 is 27.8 Å². The van der Waals surface area contributed by atoms with Crippen molar-refractivity contribution in [2.24, 2.45) is 11.8 Å². The number of methoxy groups -OCH3 is 1. The number of nitrogens with one attached hydrogen (secondary N) is 1. The van der Waals surface area contributed by atoms with Gasteiger partial charge in [-0.2, -0.15) is 0 Å². The van der Waals surface area contributed by atoms with Crippen LogP contribution >= 0.6 is 0 Å². The van der Waals surface area contributed by atoms with E-state index in [9.17, 15) is 18.4 Å². The fourth-order valence-electron chi connectivity index (χ4n) is 5.09. The monoisotopic (exact) mass is 534 g/mol. The van der Waals surface area contributed by atoms with E-state index in [1.165, 1.54) is 42.7 Å². The van der Waals surface area contributed by atoms with Crippen LogP contribution in [0.4, 0.5) is 8.78 Å². The zero-order valence-electron chi connectivity index (χ0n) is 21.9. The number of likely N-dealkylation sites (tertiary alicyclic amines) is 1. The van der Waals surface area contributed by atoms with Crippen molar-refractivity contribution >= 4 is 11.9 Å². The second kappa shape index (κ2) is 11.9. The summed E-state index contributed by atoms with van der Waals surface area (Å²) in [5.74, 6) is -1.50. The van der Waals surface area contributed by atoms with Gasteiger partial charge in [-0.25, -0.2) is 13.6 Å². The quantitative estimate of drug-likeness (QED) is 0.356. The van der Waals surface area contributed by atoms with Gasteiger partial charge in [0.2, 0.25) is 5.91 Å². The number of carbonyl (C=O) groups excluding carboxylic acids is 2. The van der Waals surface area contributed by atoms with Crippen LogP contribution in [0.2, 0.25) is 0 Å². The van der Waals surface area contributed by atoms with E-state index in [0.717, 1.165) is 45.0 Å². The third-order valence-corrected chi connectivity index (χ3v) is 7.47. The van der Waals surface area contributed by atoms with E-state index in [0.29, 0.717) is 17.7 Å². The third-order valence-electron chi connectivity index (χ3n) is 7.47. The first-order chi connectivity index (χ1) is 18.9. The van der Waals surface area contributed by atoms with Gasteiger partial charge in [-0.3, -0.25) is 9.69 Å². The molecule has 5 rings (SSSR count). The van der Waals surface area contributed by atoms with Crippen molar-refractivity contribution in [2.75, 3.05) is 26.8 Å². The predicted molar refractivity (Wildman–Crippen MR) is 143 cm³/mol. The summed E-state index contributed by atoms with van der Waals surface area (Å²) in [6, 6.07) is 16.6. The Morgan fingerprint density at radius 3 is 2.49 bits per heavy atom. The molecule has 1 aliphatic carbocycles. The van der Waals surface area contributed by atoms with Crippen molar-refractivity contribution in [3.05, 3.63) is 89.0 Å². The van der Waals surface area contributed by atoms with Gasteiger partial charge in [0.05, 0.1) is 13.7 Å². The molecule has 1 aliphatic heterocycles. The Morgan fingerprint density at radius 2 is 1.77 bits per heavy atom. The Balaban J connectivity index is 1.10. The largest absolute Gasteiger partial charge is 0.493 e. The summed E-state index contributed by atoms with van der Waals surface area (Å²) < 4.78 is 39.7. The van der Waals surface area contributed by atoms with Gasteiger partial charge >= 0.3 is 5.97 Å². The minimum Gasteiger partial charge on any atom is -0.493 e. The van der Waals surface area contributed by atoms with Gasteiger partial charge < -0.3 is 14.8 Å². The van der Waals surface area contributed by atoms with Gasteiger partial charge in [-0.15, -0.1) is 0 Å². The van der Waals surface area contributed by atoms with Gasteiger partial charge in [-0.1, -0.05) is 36.4 Å². The average Bonchev–Trinajstić information content (AvgIpc) is 3.55. The molecule has 204 valence electrons. The number of halogens is 2. The molecule has 39 heavy (non-hydrogen) atoms. The van der Waals surface area contributed by atoms with E-state index in [2.05, 4.69) is 27.1 Å². The first-order valence-electron chi connectivity index (χ1n) is 13.3. The standard InChI is InChI=1S/C31H32F2N2O4/c1-38-31(37)29-25(5-4-6-27(29)32)21-9-10-22(28(33)16-21)17-34-30(36)26-15-23(26)19-39-24-11-7-20(8-12-24)18-35-13-2-3-14-35/h4-12,16,23,26H,2-3,13-15,17-19H2,1H3,(H,34,36). The lowest BCUT2D eigenvalue weighted by Gasteiger charge is -2.14. The Labute approximate surface area is 226 Å². The molecule has 1 saturated carbocycles. The zero-order chi connectivity index (χ0) is 27.4. The number of carbonyl (C=O) groups is 2. The van der Waals surface area contributed by atoms with E-state index < -0.39 is 17.6 Å². The number of hydrogen-bond donors (Lipinski definition) is 1. The Morgan fingerprint density at radius 1 is 1.00 bits per heavy atom. The number of nitrogens with zero attached hydrogens (tertiary/aromatic N) is 1. The van der Waals surface area contributed by atoms with Crippen molar-refractivity contribution in [2.45, 2.75) is 32.4 Å². The molecule has 0 aromatic heterocycles. The lowest BCUT2D eigenvalue weighted by Crippen LogP contribution is -2.26. The Kier molecular flexibility index (Phi) is 8.21. The number of amides is 1. The van der Waals surface area contributed by atoms with E-state index in [4.69, 9.17) is 4.74 Å². The molecule has 0 spiro atoms. The number of hydrogen-bond acceptors (Lipinski definition) is 5. The van der Waals surface area contributed by atoms with Crippen LogP contribution in [0.1, 0.15) is 40.7 Å². The van der Waals surface area contributed by atoms with Crippen LogP contribution in [0, 0.1) is 23.5 Å². The van der Waals surface area contributed by atoms with Gasteiger partial charge in [0, 0.05) is 30.5 Å². The maximum Gasteiger partial charge on any atom is 0.341 e. The maximum absolute atomic E-state index is 14.9. The minimum absolute atomic E-state index is 0.0283. The normalized spacial score (nSPS) is 18.5. The first kappa shape index (κ1) is 26.8. The molecule has 2 atom stereocenters. The highest BCUT2D eigenvalue weighted by atomic mass is 19.1. The molecule has 1 saturated heterocycles. The topological polar surface area (TPSA) is 67.9 Å². The van der Waals surface area contributed by atoms with Crippen LogP contribution in [0.5, 0.6) is 5.75 Å². The third kappa shape index (κ3) is 6.45. The second-order valence-corrected chi connectivity index (χ2v) is 10.2. The van der Waals surface area contributed by atoms with Crippen LogP contribution in [-0.2, 0) is 22.6 Å². The molecule has 1 heterocycles. The minimum atomic E-state index is -0.836. The number of esters is 1.